The van der Waals surface area contributed by atoms with Crippen molar-refractivity contribution < 1.29 is 9.90 Å². The lowest BCUT2D eigenvalue weighted by atomic mass is 10.1. The van der Waals surface area contributed by atoms with Crippen LogP contribution < -0.4 is 0 Å². The van der Waals surface area contributed by atoms with Crippen LogP contribution >= 0.6 is 0 Å². The molecule has 0 aliphatic heterocycles. The third-order valence-electron chi connectivity index (χ3n) is 1.68. The lowest BCUT2D eigenvalue weighted by Crippen LogP contribution is -1.97. The van der Waals surface area contributed by atoms with Gasteiger partial charge < -0.3 is 5.11 Å². The first-order valence-corrected chi connectivity index (χ1v) is 3.66. The zero-order valence-electron chi connectivity index (χ0n) is 7.03. The quantitative estimate of drug-likeness (QED) is 0.717. The van der Waals surface area contributed by atoms with Crippen molar-refractivity contribution in [1.29, 1.82) is 0 Å². The molecule has 0 spiro atoms. The Bertz CT molecular complexity index is 369. The second-order valence-electron chi connectivity index (χ2n) is 2.41. The van der Waals surface area contributed by atoms with Gasteiger partial charge in [0.15, 0.2) is 0 Å². The van der Waals surface area contributed by atoms with Crippen molar-refractivity contribution in [2.45, 2.75) is 0 Å². The van der Waals surface area contributed by atoms with Crippen molar-refractivity contribution in [2.75, 3.05) is 0 Å². The van der Waals surface area contributed by atoms with Crippen LogP contribution in [0.15, 0.2) is 29.8 Å². The van der Waals surface area contributed by atoms with E-state index in [4.69, 9.17) is 5.11 Å². The second-order valence-corrected chi connectivity index (χ2v) is 2.41. The van der Waals surface area contributed by atoms with E-state index in [1.165, 1.54) is 6.07 Å². The Balaban J connectivity index is 3.43. The van der Waals surface area contributed by atoms with E-state index >= 15 is 0 Å². The highest BCUT2D eigenvalue weighted by atomic mass is 16.4. The molecule has 66 valence electrons. The van der Waals surface area contributed by atoms with Gasteiger partial charge >= 0.3 is 5.97 Å². The van der Waals surface area contributed by atoms with Gasteiger partial charge in [0, 0.05) is 5.56 Å². The number of benzene rings is 1. The van der Waals surface area contributed by atoms with Gasteiger partial charge in [-0.15, -0.1) is 0 Å². The SMILES string of the molecule is C=Cc1cccc(C(=O)O)c1N=C. The number of carboxylic acid groups (broad SMARTS) is 1. The van der Waals surface area contributed by atoms with Crippen molar-refractivity contribution in [2.24, 2.45) is 4.99 Å². The molecule has 1 aromatic carbocycles. The summed E-state index contributed by atoms with van der Waals surface area (Å²) < 4.78 is 0. The zero-order chi connectivity index (χ0) is 9.84. The number of hydrogen-bond donors (Lipinski definition) is 1. The Morgan fingerprint density at radius 3 is 2.69 bits per heavy atom. The molecule has 0 unspecified atom stereocenters. The largest absolute Gasteiger partial charge is 0.478 e. The van der Waals surface area contributed by atoms with E-state index < -0.39 is 5.97 Å². The topological polar surface area (TPSA) is 49.7 Å². The van der Waals surface area contributed by atoms with E-state index in [0.29, 0.717) is 11.3 Å². The number of hydrogen-bond acceptors (Lipinski definition) is 2. The van der Waals surface area contributed by atoms with E-state index in [-0.39, 0.29) is 5.56 Å². The molecule has 0 bridgehead atoms. The van der Waals surface area contributed by atoms with Crippen LogP contribution in [0.1, 0.15) is 15.9 Å². The number of para-hydroxylation sites is 1. The minimum atomic E-state index is -1.01. The van der Waals surface area contributed by atoms with Crippen molar-refractivity contribution in [1.82, 2.24) is 0 Å². The normalized spacial score (nSPS) is 9.23. The van der Waals surface area contributed by atoms with Crippen molar-refractivity contribution in [3.8, 4) is 0 Å². The number of aromatic carboxylic acids is 1. The fraction of sp³-hybridized carbons (Fsp3) is 0. The van der Waals surface area contributed by atoms with E-state index in [9.17, 15) is 4.79 Å². The van der Waals surface area contributed by atoms with Crippen LogP contribution in [0.25, 0.3) is 6.08 Å². The third kappa shape index (κ3) is 1.64. The molecule has 0 heterocycles. The van der Waals surface area contributed by atoms with Gasteiger partial charge in [-0.25, -0.2) is 4.79 Å². The first-order chi connectivity index (χ1) is 6.20. The summed E-state index contributed by atoms with van der Waals surface area (Å²) in [5.41, 5.74) is 1.19. The first kappa shape index (κ1) is 9.19. The molecular weight excluding hydrogens is 166 g/mol. The molecule has 0 aliphatic carbocycles. The van der Waals surface area contributed by atoms with E-state index in [1.807, 2.05) is 0 Å². The summed E-state index contributed by atoms with van der Waals surface area (Å²) in [6.45, 7) is 6.88. The van der Waals surface area contributed by atoms with Gasteiger partial charge in [0.2, 0.25) is 0 Å². The maximum Gasteiger partial charge on any atom is 0.337 e. The third-order valence-corrected chi connectivity index (χ3v) is 1.68. The molecule has 0 saturated carbocycles. The lowest BCUT2D eigenvalue weighted by Gasteiger charge is -2.03. The van der Waals surface area contributed by atoms with Crippen LogP contribution in [-0.4, -0.2) is 17.8 Å². The Morgan fingerprint density at radius 1 is 1.54 bits per heavy atom. The Kier molecular flexibility index (Phi) is 2.59. The summed E-state index contributed by atoms with van der Waals surface area (Å²) in [5, 5.41) is 8.79. The van der Waals surface area contributed by atoms with E-state index in [0.717, 1.165) is 0 Å². The van der Waals surface area contributed by atoms with Gasteiger partial charge in [0.1, 0.15) is 0 Å². The highest BCUT2D eigenvalue weighted by Crippen LogP contribution is 2.24. The minimum Gasteiger partial charge on any atom is -0.478 e. The van der Waals surface area contributed by atoms with Gasteiger partial charge in [-0.2, -0.15) is 0 Å². The highest BCUT2D eigenvalue weighted by molar-refractivity contribution is 5.95. The molecule has 0 atom stereocenters. The monoisotopic (exact) mass is 175 g/mol. The Morgan fingerprint density at radius 2 is 2.23 bits per heavy atom. The van der Waals surface area contributed by atoms with Gasteiger partial charge in [-0.3, -0.25) is 4.99 Å². The minimum absolute atomic E-state index is 0.146. The van der Waals surface area contributed by atoms with Crippen LogP contribution in [0.5, 0.6) is 0 Å². The van der Waals surface area contributed by atoms with Crippen LogP contribution in [0.3, 0.4) is 0 Å². The average Bonchev–Trinajstić information content (AvgIpc) is 2.16. The summed E-state index contributed by atoms with van der Waals surface area (Å²) in [6, 6.07) is 4.87. The molecule has 0 aliphatic rings. The molecule has 0 fully saturated rings. The summed E-state index contributed by atoms with van der Waals surface area (Å²) >= 11 is 0. The molecule has 1 N–H and O–H groups in total. The predicted molar refractivity (Wildman–Crippen MR) is 52.7 cm³/mol. The summed E-state index contributed by atoms with van der Waals surface area (Å²) in [5.74, 6) is -1.01. The Labute approximate surface area is 76.1 Å². The summed E-state index contributed by atoms with van der Waals surface area (Å²) in [4.78, 5) is 14.4. The average molecular weight is 175 g/mol. The molecule has 3 nitrogen and oxygen atoms in total. The maximum atomic E-state index is 10.7. The molecule has 1 rings (SSSR count). The molecule has 0 radical (unpaired) electrons. The number of nitrogens with zero attached hydrogens (tertiary/aromatic N) is 1. The smallest absolute Gasteiger partial charge is 0.337 e. The fourth-order valence-electron chi connectivity index (χ4n) is 1.08. The molecule has 0 saturated heterocycles. The second kappa shape index (κ2) is 3.67. The lowest BCUT2D eigenvalue weighted by molar-refractivity contribution is 0.0698. The summed E-state index contributed by atoms with van der Waals surface area (Å²) in [7, 11) is 0. The number of carbonyl (C=O) groups is 1. The Hall–Kier alpha value is -1.90. The highest BCUT2D eigenvalue weighted by Gasteiger charge is 2.10. The van der Waals surface area contributed by atoms with Gasteiger partial charge in [-0.05, 0) is 12.8 Å². The van der Waals surface area contributed by atoms with E-state index in [2.05, 4.69) is 18.3 Å². The van der Waals surface area contributed by atoms with Crippen molar-refractivity contribution >= 4 is 24.5 Å². The number of rotatable bonds is 3. The van der Waals surface area contributed by atoms with Gasteiger partial charge in [0.25, 0.3) is 0 Å². The molecule has 13 heavy (non-hydrogen) atoms. The van der Waals surface area contributed by atoms with E-state index in [1.54, 1.807) is 18.2 Å². The molecule has 3 heteroatoms. The summed E-state index contributed by atoms with van der Waals surface area (Å²) in [6.07, 6.45) is 1.55. The molecular formula is C10H9NO2. The van der Waals surface area contributed by atoms with Gasteiger partial charge in [0.05, 0.1) is 11.3 Å². The predicted octanol–water partition coefficient (Wildman–Crippen LogP) is 2.36. The standard InChI is InChI=1S/C10H9NO2/c1-3-7-5-4-6-8(10(12)13)9(7)11-2/h3-6H,1-2H2,(H,12,13). The fourth-order valence-corrected chi connectivity index (χ4v) is 1.08. The van der Waals surface area contributed by atoms with Crippen LogP contribution in [0.4, 0.5) is 5.69 Å². The number of carboxylic acids is 1. The van der Waals surface area contributed by atoms with Gasteiger partial charge in [-0.1, -0.05) is 24.8 Å². The molecule has 0 aromatic heterocycles. The van der Waals surface area contributed by atoms with Crippen LogP contribution in [0.2, 0.25) is 0 Å². The van der Waals surface area contributed by atoms with Crippen LogP contribution in [-0.2, 0) is 0 Å². The molecule has 1 aromatic rings. The molecule has 0 amide bonds. The van der Waals surface area contributed by atoms with Crippen molar-refractivity contribution in [3.63, 3.8) is 0 Å². The maximum absolute atomic E-state index is 10.7. The van der Waals surface area contributed by atoms with Crippen molar-refractivity contribution in [3.05, 3.63) is 35.9 Å². The number of aliphatic imine (C=N–C) groups is 1. The first-order valence-electron chi connectivity index (χ1n) is 3.66. The zero-order valence-corrected chi connectivity index (χ0v) is 7.03. The van der Waals surface area contributed by atoms with Crippen LogP contribution in [0, 0.1) is 0 Å².